The largest absolute Gasteiger partial charge is 0.350 e. The molecule has 1 aromatic heterocycles. The van der Waals surface area contributed by atoms with E-state index < -0.39 is 0 Å². The molecule has 0 radical (unpaired) electrons. The lowest BCUT2D eigenvalue weighted by Crippen LogP contribution is -2.48. The first kappa shape index (κ1) is 14.3. The molecule has 1 N–H and O–H groups in total. The average Bonchev–Trinajstić information content (AvgIpc) is 3.03. The molecule has 2 unspecified atom stereocenters. The summed E-state index contributed by atoms with van der Waals surface area (Å²) >= 11 is 0. The predicted molar refractivity (Wildman–Crippen MR) is 80.7 cm³/mol. The van der Waals surface area contributed by atoms with Crippen molar-refractivity contribution in [2.45, 2.75) is 31.7 Å². The Morgan fingerprint density at radius 3 is 2.71 bits per heavy atom. The highest BCUT2D eigenvalue weighted by Crippen LogP contribution is 2.25. The van der Waals surface area contributed by atoms with Crippen LogP contribution < -0.4 is 21.5 Å². The zero-order valence-corrected chi connectivity index (χ0v) is 12.7. The maximum atomic E-state index is 12.3. The molecule has 2 fully saturated rings. The molecule has 1 aromatic rings. The van der Waals surface area contributed by atoms with Crippen LogP contribution in [-0.2, 0) is 14.1 Å². The van der Waals surface area contributed by atoms with Crippen molar-refractivity contribution in [1.29, 1.82) is 0 Å². The Labute approximate surface area is 123 Å². The molecule has 0 amide bonds. The molecule has 3 rings (SSSR count). The second-order valence-electron chi connectivity index (χ2n) is 6.15. The molecule has 2 atom stereocenters. The molecule has 2 saturated heterocycles. The summed E-state index contributed by atoms with van der Waals surface area (Å²) < 4.78 is 2.38. The van der Waals surface area contributed by atoms with E-state index in [1.807, 2.05) is 0 Å². The maximum Gasteiger partial charge on any atom is 0.346 e. The topological polar surface area (TPSA) is 72.2 Å². The first-order valence-electron chi connectivity index (χ1n) is 7.70. The van der Waals surface area contributed by atoms with Crippen LogP contribution in [0.15, 0.2) is 9.59 Å². The fraction of sp³-hybridized carbons (Fsp3) is 0.786. The molecule has 7 nitrogen and oxygen atoms in total. The molecule has 0 saturated carbocycles. The summed E-state index contributed by atoms with van der Waals surface area (Å²) in [5.74, 6) is 0.965. The van der Waals surface area contributed by atoms with E-state index in [2.05, 4.69) is 15.3 Å². The monoisotopic (exact) mass is 293 g/mol. The molecule has 3 heterocycles. The number of nitrogens with one attached hydrogen (secondary N) is 1. The van der Waals surface area contributed by atoms with E-state index in [9.17, 15) is 9.59 Å². The summed E-state index contributed by atoms with van der Waals surface area (Å²) in [7, 11) is 3.10. The van der Waals surface area contributed by atoms with Crippen molar-refractivity contribution < 1.29 is 0 Å². The number of anilines is 1. The lowest BCUT2D eigenvalue weighted by atomic mass is 9.90. The molecular weight excluding hydrogens is 270 g/mol. The third-order valence-electron chi connectivity index (χ3n) is 4.73. The van der Waals surface area contributed by atoms with Gasteiger partial charge < -0.3 is 10.2 Å². The quantitative estimate of drug-likeness (QED) is 0.792. The molecule has 0 aliphatic carbocycles. The van der Waals surface area contributed by atoms with E-state index in [-0.39, 0.29) is 11.2 Å². The van der Waals surface area contributed by atoms with Gasteiger partial charge in [0.1, 0.15) is 0 Å². The zero-order chi connectivity index (χ0) is 15.0. The van der Waals surface area contributed by atoms with Crippen LogP contribution in [0, 0.1) is 5.92 Å². The second-order valence-corrected chi connectivity index (χ2v) is 6.15. The summed E-state index contributed by atoms with van der Waals surface area (Å²) in [4.78, 5) is 26.1. The van der Waals surface area contributed by atoms with Crippen molar-refractivity contribution in [2.75, 3.05) is 24.5 Å². The first-order chi connectivity index (χ1) is 10.1. The maximum absolute atomic E-state index is 12.3. The van der Waals surface area contributed by atoms with E-state index in [0.29, 0.717) is 17.8 Å². The second kappa shape index (κ2) is 5.63. The van der Waals surface area contributed by atoms with E-state index in [4.69, 9.17) is 0 Å². The molecular formula is C14H23N5O2. The highest BCUT2D eigenvalue weighted by atomic mass is 16.2. The smallest absolute Gasteiger partial charge is 0.346 e. The van der Waals surface area contributed by atoms with Gasteiger partial charge in [0.05, 0.1) is 0 Å². The SMILES string of the molecule is Cn1nc(N2CCCC(C3CCCN3)C2)c(=O)n(C)c1=O. The summed E-state index contributed by atoms with van der Waals surface area (Å²) in [5.41, 5.74) is -0.673. The van der Waals surface area contributed by atoms with Gasteiger partial charge in [-0.25, -0.2) is 9.48 Å². The minimum atomic E-state index is -0.380. The predicted octanol–water partition coefficient (Wildman–Crippen LogP) is -0.553. The molecule has 0 aromatic carbocycles. The summed E-state index contributed by atoms with van der Waals surface area (Å²) in [6.07, 6.45) is 4.72. The minimum Gasteiger partial charge on any atom is -0.350 e. The Morgan fingerprint density at radius 1 is 1.19 bits per heavy atom. The number of aromatic nitrogens is 3. The highest BCUT2D eigenvalue weighted by Gasteiger charge is 2.30. The van der Waals surface area contributed by atoms with Crippen molar-refractivity contribution in [3.63, 3.8) is 0 Å². The van der Waals surface area contributed by atoms with Crippen LogP contribution in [-0.4, -0.2) is 40.0 Å². The highest BCUT2D eigenvalue weighted by molar-refractivity contribution is 5.35. The minimum absolute atomic E-state index is 0.293. The number of aryl methyl sites for hydroxylation is 1. The van der Waals surface area contributed by atoms with Gasteiger partial charge in [-0.2, -0.15) is 0 Å². The van der Waals surface area contributed by atoms with Gasteiger partial charge in [0, 0.05) is 33.2 Å². The lowest BCUT2D eigenvalue weighted by molar-refractivity contribution is 0.326. The number of hydrogen-bond acceptors (Lipinski definition) is 5. The Morgan fingerprint density at radius 2 is 2.00 bits per heavy atom. The van der Waals surface area contributed by atoms with E-state index in [1.54, 1.807) is 7.05 Å². The van der Waals surface area contributed by atoms with Gasteiger partial charge in [0.25, 0.3) is 5.56 Å². The third-order valence-corrected chi connectivity index (χ3v) is 4.73. The van der Waals surface area contributed by atoms with Crippen LogP contribution in [0.3, 0.4) is 0 Å². The molecule has 0 bridgehead atoms. The van der Waals surface area contributed by atoms with Crippen LogP contribution in [0.4, 0.5) is 5.82 Å². The Bertz CT molecular complexity index is 629. The lowest BCUT2D eigenvalue weighted by Gasteiger charge is -2.36. The van der Waals surface area contributed by atoms with Gasteiger partial charge in [-0.15, -0.1) is 5.10 Å². The Balaban J connectivity index is 1.86. The third kappa shape index (κ3) is 2.62. The number of nitrogens with zero attached hydrogens (tertiary/aromatic N) is 4. The van der Waals surface area contributed by atoms with Gasteiger partial charge in [-0.1, -0.05) is 0 Å². The van der Waals surface area contributed by atoms with Gasteiger partial charge in [-0.05, 0) is 38.1 Å². The van der Waals surface area contributed by atoms with E-state index in [0.717, 1.165) is 30.6 Å². The van der Waals surface area contributed by atoms with Gasteiger partial charge in [-0.3, -0.25) is 9.36 Å². The standard InChI is InChI=1S/C14H23N5O2/c1-17-13(20)12(16-18(2)14(17)21)19-8-4-5-10(9-19)11-6-3-7-15-11/h10-11,15H,3-9H2,1-2H3. The Hall–Kier alpha value is -1.63. The molecule has 2 aliphatic heterocycles. The average molecular weight is 293 g/mol. The van der Waals surface area contributed by atoms with Crippen molar-refractivity contribution >= 4 is 5.82 Å². The van der Waals surface area contributed by atoms with Crippen LogP contribution in [0.1, 0.15) is 25.7 Å². The summed E-state index contributed by atoms with van der Waals surface area (Å²) in [5, 5.41) is 7.75. The van der Waals surface area contributed by atoms with Crippen molar-refractivity contribution in [3.05, 3.63) is 20.8 Å². The molecule has 116 valence electrons. The van der Waals surface area contributed by atoms with E-state index >= 15 is 0 Å². The van der Waals surface area contributed by atoms with Crippen LogP contribution in [0.25, 0.3) is 0 Å². The van der Waals surface area contributed by atoms with Crippen molar-refractivity contribution in [1.82, 2.24) is 19.7 Å². The molecule has 21 heavy (non-hydrogen) atoms. The zero-order valence-electron chi connectivity index (χ0n) is 12.7. The molecule has 2 aliphatic rings. The molecule has 0 spiro atoms. The Kier molecular flexibility index (Phi) is 3.84. The number of hydrogen-bond donors (Lipinski definition) is 1. The molecule has 7 heteroatoms. The van der Waals surface area contributed by atoms with Crippen LogP contribution >= 0.6 is 0 Å². The fourth-order valence-corrected chi connectivity index (χ4v) is 3.52. The normalized spacial score (nSPS) is 26.3. The number of rotatable bonds is 2. The van der Waals surface area contributed by atoms with Gasteiger partial charge in [0.2, 0.25) is 5.82 Å². The van der Waals surface area contributed by atoms with Gasteiger partial charge in [0.15, 0.2) is 0 Å². The van der Waals surface area contributed by atoms with E-state index in [1.165, 1.54) is 31.0 Å². The summed E-state index contributed by atoms with van der Waals surface area (Å²) in [6, 6.07) is 0.559. The van der Waals surface area contributed by atoms with Crippen LogP contribution in [0.5, 0.6) is 0 Å². The van der Waals surface area contributed by atoms with Crippen molar-refractivity contribution in [2.24, 2.45) is 20.0 Å². The summed E-state index contributed by atoms with van der Waals surface area (Å²) in [6.45, 7) is 2.78. The first-order valence-corrected chi connectivity index (χ1v) is 7.70. The van der Waals surface area contributed by atoms with Gasteiger partial charge >= 0.3 is 5.69 Å². The van der Waals surface area contributed by atoms with Crippen molar-refractivity contribution in [3.8, 4) is 0 Å². The number of piperidine rings is 1. The fourth-order valence-electron chi connectivity index (χ4n) is 3.52. The van der Waals surface area contributed by atoms with Crippen LogP contribution in [0.2, 0.25) is 0 Å².